The lowest BCUT2D eigenvalue weighted by Crippen LogP contribution is -2.46. The second-order valence-corrected chi connectivity index (χ2v) is 7.86. The van der Waals surface area contributed by atoms with Gasteiger partial charge in [0.25, 0.3) is 11.5 Å². The third kappa shape index (κ3) is 4.97. The van der Waals surface area contributed by atoms with E-state index in [1.54, 1.807) is 36.3 Å². The van der Waals surface area contributed by atoms with Crippen LogP contribution in [0, 0.1) is 5.92 Å². The number of carbonyl (C=O) groups excluding carboxylic acids is 2. The van der Waals surface area contributed by atoms with Crippen molar-refractivity contribution in [2.24, 2.45) is 13.0 Å². The number of likely N-dealkylation sites (tertiary alicyclic amines) is 1. The molecule has 0 aromatic carbocycles. The number of nitrogens with one attached hydrogen (secondary N) is 1. The number of methoxy groups -OCH3 is 1. The highest BCUT2D eigenvalue weighted by atomic mass is 16.5. The molecule has 33 heavy (non-hydrogen) atoms. The lowest BCUT2D eigenvalue weighted by molar-refractivity contribution is -0.126. The normalized spacial score (nSPS) is 15.9. The Morgan fingerprint density at radius 2 is 2.12 bits per heavy atom. The number of aromatic nitrogens is 4. The molecule has 1 atom stereocenters. The summed E-state index contributed by atoms with van der Waals surface area (Å²) < 4.78 is 13.3. The van der Waals surface area contributed by atoms with E-state index >= 15 is 0 Å². The summed E-state index contributed by atoms with van der Waals surface area (Å²) >= 11 is 0. The smallest absolute Gasteiger partial charge is 0.266 e. The van der Waals surface area contributed by atoms with E-state index in [-0.39, 0.29) is 42.3 Å². The predicted molar refractivity (Wildman–Crippen MR) is 118 cm³/mol. The zero-order chi connectivity index (χ0) is 23.4. The second-order valence-electron chi connectivity index (χ2n) is 7.86. The first kappa shape index (κ1) is 22.3. The molecule has 3 aromatic rings. The lowest BCUT2D eigenvalue weighted by atomic mass is 9.96. The van der Waals surface area contributed by atoms with Gasteiger partial charge in [-0.15, -0.1) is 5.10 Å². The largest absolute Gasteiger partial charge is 0.479 e. The summed E-state index contributed by atoms with van der Waals surface area (Å²) in [5, 5.41) is 11.3. The van der Waals surface area contributed by atoms with Crippen LogP contribution >= 0.6 is 0 Å². The summed E-state index contributed by atoms with van der Waals surface area (Å²) in [5.74, 6) is 0.141. The maximum atomic E-state index is 12.9. The van der Waals surface area contributed by atoms with Crippen molar-refractivity contribution in [1.29, 1.82) is 0 Å². The number of rotatable bonds is 7. The molecule has 2 amide bonds. The quantitative estimate of drug-likeness (QED) is 0.563. The van der Waals surface area contributed by atoms with Crippen LogP contribution in [-0.2, 0) is 18.4 Å². The molecule has 0 aliphatic carbocycles. The number of ether oxygens (including phenoxy) is 1. The standard InChI is InChI=1S/C22H26N6O5/c1-26-14-16(21(25-26)32-2)22(31)27-10-3-5-15(13-27)20(30)23-9-11-28-19(29)8-7-17(24-28)18-6-4-12-33-18/h4,6-8,12,14-15H,3,5,9-11,13H2,1-2H3,(H,23,30). The Kier molecular flexibility index (Phi) is 6.57. The van der Waals surface area contributed by atoms with Crippen molar-refractivity contribution in [1.82, 2.24) is 29.8 Å². The molecular weight excluding hydrogens is 428 g/mol. The summed E-state index contributed by atoms with van der Waals surface area (Å²) in [6.07, 6.45) is 4.56. The molecule has 1 saturated heterocycles. The number of furan rings is 1. The first-order chi connectivity index (χ1) is 16.0. The van der Waals surface area contributed by atoms with Gasteiger partial charge in [-0.1, -0.05) is 0 Å². The van der Waals surface area contributed by atoms with Crippen molar-refractivity contribution in [3.05, 3.63) is 52.6 Å². The van der Waals surface area contributed by atoms with Gasteiger partial charge < -0.3 is 19.4 Å². The highest BCUT2D eigenvalue weighted by Crippen LogP contribution is 2.22. The van der Waals surface area contributed by atoms with Gasteiger partial charge in [-0.05, 0) is 31.0 Å². The summed E-state index contributed by atoms with van der Waals surface area (Å²) in [5.41, 5.74) is 0.653. The van der Waals surface area contributed by atoms with Crippen LogP contribution in [0.3, 0.4) is 0 Å². The van der Waals surface area contributed by atoms with Crippen molar-refractivity contribution in [2.75, 3.05) is 26.7 Å². The number of hydrogen-bond acceptors (Lipinski definition) is 7. The number of aryl methyl sites for hydroxylation is 1. The Morgan fingerprint density at radius 1 is 1.27 bits per heavy atom. The van der Waals surface area contributed by atoms with E-state index in [0.29, 0.717) is 36.5 Å². The first-order valence-electron chi connectivity index (χ1n) is 10.7. The molecule has 11 heteroatoms. The topological polar surface area (TPSA) is 124 Å². The number of amides is 2. The minimum Gasteiger partial charge on any atom is -0.479 e. The highest BCUT2D eigenvalue weighted by Gasteiger charge is 2.31. The van der Waals surface area contributed by atoms with Gasteiger partial charge in [-0.3, -0.25) is 19.1 Å². The van der Waals surface area contributed by atoms with Gasteiger partial charge in [0.05, 0.1) is 25.8 Å². The molecule has 174 valence electrons. The van der Waals surface area contributed by atoms with Crippen molar-refractivity contribution >= 4 is 11.8 Å². The molecule has 0 radical (unpaired) electrons. The van der Waals surface area contributed by atoms with E-state index in [1.165, 1.54) is 28.8 Å². The Hall–Kier alpha value is -3.89. The van der Waals surface area contributed by atoms with Crippen LogP contribution in [0.1, 0.15) is 23.2 Å². The molecule has 3 aromatic heterocycles. The van der Waals surface area contributed by atoms with Gasteiger partial charge in [0.1, 0.15) is 11.3 Å². The Bertz CT molecular complexity index is 1180. The lowest BCUT2D eigenvalue weighted by Gasteiger charge is -2.32. The number of nitrogens with zero attached hydrogens (tertiary/aromatic N) is 5. The Morgan fingerprint density at radius 3 is 2.88 bits per heavy atom. The zero-order valence-corrected chi connectivity index (χ0v) is 18.6. The van der Waals surface area contributed by atoms with Crippen molar-refractivity contribution in [2.45, 2.75) is 19.4 Å². The zero-order valence-electron chi connectivity index (χ0n) is 18.6. The third-order valence-electron chi connectivity index (χ3n) is 5.56. The first-order valence-corrected chi connectivity index (χ1v) is 10.7. The van der Waals surface area contributed by atoms with E-state index in [9.17, 15) is 14.4 Å². The van der Waals surface area contributed by atoms with Crippen LogP contribution < -0.4 is 15.6 Å². The maximum Gasteiger partial charge on any atom is 0.266 e. The number of hydrogen-bond donors (Lipinski definition) is 1. The van der Waals surface area contributed by atoms with E-state index in [2.05, 4.69) is 15.5 Å². The molecule has 1 N–H and O–H groups in total. The molecule has 1 aliphatic rings. The Labute approximate surface area is 189 Å². The average molecular weight is 454 g/mol. The second kappa shape index (κ2) is 9.72. The molecule has 4 rings (SSSR count). The summed E-state index contributed by atoms with van der Waals surface area (Å²) in [6.45, 7) is 1.35. The van der Waals surface area contributed by atoms with Crippen molar-refractivity contribution in [3.8, 4) is 17.3 Å². The van der Waals surface area contributed by atoms with Gasteiger partial charge in [-0.2, -0.15) is 5.10 Å². The van der Waals surface area contributed by atoms with Gasteiger partial charge in [-0.25, -0.2) is 4.68 Å². The molecule has 0 bridgehead atoms. The molecule has 0 spiro atoms. The van der Waals surface area contributed by atoms with E-state index < -0.39 is 0 Å². The fourth-order valence-electron chi connectivity index (χ4n) is 3.91. The van der Waals surface area contributed by atoms with Crippen molar-refractivity contribution < 1.29 is 18.7 Å². The van der Waals surface area contributed by atoms with Crippen LogP contribution in [-0.4, -0.2) is 63.0 Å². The van der Waals surface area contributed by atoms with Crippen LogP contribution in [0.5, 0.6) is 5.88 Å². The number of carbonyl (C=O) groups is 2. The van der Waals surface area contributed by atoms with Crippen LogP contribution in [0.15, 0.2) is 45.9 Å². The molecule has 11 nitrogen and oxygen atoms in total. The fraction of sp³-hybridized carbons (Fsp3) is 0.409. The van der Waals surface area contributed by atoms with Crippen molar-refractivity contribution in [3.63, 3.8) is 0 Å². The predicted octanol–water partition coefficient (Wildman–Crippen LogP) is 0.914. The average Bonchev–Trinajstić information content (AvgIpc) is 3.49. The van der Waals surface area contributed by atoms with E-state index in [0.717, 1.165) is 6.42 Å². The number of piperidine rings is 1. The van der Waals surface area contributed by atoms with E-state index in [1.807, 2.05) is 0 Å². The van der Waals surface area contributed by atoms with Crippen LogP contribution in [0.2, 0.25) is 0 Å². The fourth-order valence-corrected chi connectivity index (χ4v) is 3.91. The Balaban J connectivity index is 1.34. The molecular formula is C22H26N6O5. The summed E-state index contributed by atoms with van der Waals surface area (Å²) in [6, 6.07) is 6.52. The molecule has 0 saturated carbocycles. The maximum absolute atomic E-state index is 12.9. The van der Waals surface area contributed by atoms with Gasteiger partial charge in [0.2, 0.25) is 11.8 Å². The van der Waals surface area contributed by atoms with Crippen LogP contribution in [0.25, 0.3) is 11.5 Å². The highest BCUT2D eigenvalue weighted by molar-refractivity contribution is 5.96. The summed E-state index contributed by atoms with van der Waals surface area (Å²) in [4.78, 5) is 39.5. The monoisotopic (exact) mass is 454 g/mol. The summed E-state index contributed by atoms with van der Waals surface area (Å²) in [7, 11) is 3.19. The molecule has 1 aliphatic heterocycles. The third-order valence-corrected chi connectivity index (χ3v) is 5.56. The van der Waals surface area contributed by atoms with Gasteiger partial charge >= 0.3 is 0 Å². The van der Waals surface area contributed by atoms with Gasteiger partial charge in [0, 0.05) is 38.9 Å². The van der Waals surface area contributed by atoms with E-state index in [4.69, 9.17) is 9.15 Å². The van der Waals surface area contributed by atoms with Gasteiger partial charge in [0.15, 0.2) is 5.76 Å². The minimum absolute atomic E-state index is 0.152. The molecule has 1 fully saturated rings. The SMILES string of the molecule is COc1nn(C)cc1C(=O)N1CCCC(C(=O)NCCn2nc(-c3ccco3)ccc2=O)C1. The minimum atomic E-state index is -0.329. The molecule has 1 unspecified atom stereocenters. The molecule has 4 heterocycles. The van der Waals surface area contributed by atoms with Crippen LogP contribution in [0.4, 0.5) is 0 Å².